The van der Waals surface area contributed by atoms with Gasteiger partial charge >= 0.3 is 12.1 Å². The van der Waals surface area contributed by atoms with E-state index in [1.807, 2.05) is 5.32 Å². The summed E-state index contributed by atoms with van der Waals surface area (Å²) in [4.78, 5) is 36.5. The largest absolute Gasteiger partial charge is 0.506 e. The molecule has 0 bridgehead atoms. The second-order valence-electron chi connectivity index (χ2n) is 6.77. The van der Waals surface area contributed by atoms with Crippen LogP contribution in [0.5, 0.6) is 5.75 Å². The van der Waals surface area contributed by atoms with Gasteiger partial charge in [0.25, 0.3) is 11.5 Å². The van der Waals surface area contributed by atoms with Crippen molar-refractivity contribution in [2.75, 3.05) is 6.61 Å². The summed E-state index contributed by atoms with van der Waals surface area (Å²) < 4.78 is 44.6. The van der Waals surface area contributed by atoms with Gasteiger partial charge in [0.05, 0.1) is 37.6 Å². The number of aliphatic hydroxyl groups excluding tert-OH is 1. The first kappa shape index (κ1) is 22.3. The van der Waals surface area contributed by atoms with Crippen LogP contribution in [0.2, 0.25) is 0 Å². The van der Waals surface area contributed by atoms with E-state index in [4.69, 9.17) is 14.9 Å². The van der Waals surface area contributed by atoms with E-state index in [0.717, 1.165) is 16.7 Å². The molecule has 4 N–H and O–H groups in total. The number of halogens is 3. The predicted octanol–water partition coefficient (Wildman–Crippen LogP) is 0.827. The number of rotatable bonds is 6. The Labute approximate surface area is 172 Å². The van der Waals surface area contributed by atoms with E-state index < -0.39 is 53.1 Å². The van der Waals surface area contributed by atoms with Crippen LogP contribution in [0.3, 0.4) is 0 Å². The lowest BCUT2D eigenvalue weighted by molar-refractivity contribution is -0.140. The van der Waals surface area contributed by atoms with Crippen molar-refractivity contribution in [3.05, 3.63) is 62.6 Å². The maximum absolute atomic E-state index is 13.0. The molecule has 1 aromatic carbocycles. The fraction of sp³-hybridized carbons (Fsp3) is 0.316. The second-order valence-corrected chi connectivity index (χ2v) is 6.77. The summed E-state index contributed by atoms with van der Waals surface area (Å²) >= 11 is 0. The van der Waals surface area contributed by atoms with E-state index in [1.54, 1.807) is 0 Å². The highest BCUT2D eigenvalue weighted by molar-refractivity contribution is 5.99. The fourth-order valence-corrected chi connectivity index (χ4v) is 3.15. The molecule has 1 aliphatic heterocycles. The molecule has 0 radical (unpaired) electrons. The topological polar surface area (TPSA) is 138 Å². The summed E-state index contributed by atoms with van der Waals surface area (Å²) in [5, 5.41) is 30.4. The smallest absolute Gasteiger partial charge is 0.416 e. The highest BCUT2D eigenvalue weighted by Gasteiger charge is 2.32. The van der Waals surface area contributed by atoms with Crippen LogP contribution in [0.1, 0.15) is 32.7 Å². The zero-order chi connectivity index (χ0) is 22.9. The van der Waals surface area contributed by atoms with Gasteiger partial charge in [-0.1, -0.05) is 12.1 Å². The fourth-order valence-electron chi connectivity index (χ4n) is 3.15. The van der Waals surface area contributed by atoms with Crippen molar-refractivity contribution in [3.8, 4) is 5.75 Å². The third-order valence-corrected chi connectivity index (χ3v) is 4.78. The summed E-state index contributed by atoms with van der Waals surface area (Å²) in [5.41, 5.74) is -1.91. The average Bonchev–Trinajstić information content (AvgIpc) is 3.19. The Balaban J connectivity index is 2.02. The number of ether oxygens (including phenoxy) is 1. The van der Waals surface area contributed by atoms with E-state index in [1.165, 1.54) is 12.1 Å². The number of aromatic nitrogens is 1. The van der Waals surface area contributed by atoms with Crippen molar-refractivity contribution in [3.63, 3.8) is 0 Å². The standard InChI is InChI=1S/C19H17F3N2O7/c20-19(21,22)10-3-1-9(2-4-10)5-24-13-8-31-7-11(13)15(26)14(17(24)28)16(27)23-12(6-25)18(29)30/h1-4,12,25-26H,5-8H2,(H,23,27)(H,29,30)/t12-/m1/s1. The quantitative estimate of drug-likeness (QED) is 0.520. The van der Waals surface area contributed by atoms with E-state index in [0.29, 0.717) is 5.56 Å². The number of nitrogens with one attached hydrogen (secondary N) is 1. The number of carboxylic acid groups (broad SMARTS) is 1. The number of fused-ring (bicyclic) bond motifs is 1. The van der Waals surface area contributed by atoms with Gasteiger partial charge in [-0.05, 0) is 17.7 Å². The Kier molecular flexibility index (Phi) is 6.04. The summed E-state index contributed by atoms with van der Waals surface area (Å²) in [7, 11) is 0. The highest BCUT2D eigenvalue weighted by atomic mass is 19.4. The number of nitrogens with zero attached hydrogens (tertiary/aromatic N) is 1. The van der Waals surface area contributed by atoms with Crippen molar-refractivity contribution in [1.29, 1.82) is 0 Å². The van der Waals surface area contributed by atoms with E-state index in [2.05, 4.69) is 0 Å². The van der Waals surface area contributed by atoms with Crippen molar-refractivity contribution in [2.45, 2.75) is 32.0 Å². The van der Waals surface area contributed by atoms with E-state index in [9.17, 15) is 32.7 Å². The van der Waals surface area contributed by atoms with Gasteiger partial charge in [0, 0.05) is 5.56 Å². The second kappa shape index (κ2) is 8.40. The van der Waals surface area contributed by atoms with E-state index in [-0.39, 0.29) is 31.0 Å². The van der Waals surface area contributed by atoms with Crippen molar-refractivity contribution < 1.29 is 42.8 Å². The molecular weight excluding hydrogens is 425 g/mol. The number of benzene rings is 1. The van der Waals surface area contributed by atoms with Crippen LogP contribution in [-0.4, -0.2) is 44.4 Å². The highest BCUT2D eigenvalue weighted by Crippen LogP contribution is 2.31. The van der Waals surface area contributed by atoms with E-state index >= 15 is 0 Å². The molecule has 0 aliphatic carbocycles. The number of aliphatic carboxylic acids is 1. The molecule has 1 aliphatic rings. The van der Waals surface area contributed by atoms with Gasteiger partial charge in [0.15, 0.2) is 6.04 Å². The molecule has 2 aromatic rings. The molecule has 0 unspecified atom stereocenters. The molecule has 31 heavy (non-hydrogen) atoms. The van der Waals surface area contributed by atoms with Gasteiger partial charge in [-0.15, -0.1) is 0 Å². The number of carbonyl (C=O) groups is 2. The molecule has 1 atom stereocenters. The molecule has 1 aromatic heterocycles. The Morgan fingerprint density at radius 2 is 1.84 bits per heavy atom. The number of carbonyl (C=O) groups excluding carboxylic acids is 1. The number of amides is 1. The first-order valence-corrected chi connectivity index (χ1v) is 8.90. The monoisotopic (exact) mass is 442 g/mol. The Morgan fingerprint density at radius 3 is 2.39 bits per heavy atom. The zero-order valence-electron chi connectivity index (χ0n) is 15.8. The number of pyridine rings is 1. The first-order valence-electron chi connectivity index (χ1n) is 8.90. The third-order valence-electron chi connectivity index (χ3n) is 4.78. The molecule has 2 heterocycles. The molecule has 1 amide bonds. The lowest BCUT2D eigenvalue weighted by Gasteiger charge is -2.17. The molecule has 0 spiro atoms. The van der Waals surface area contributed by atoms with Gasteiger partial charge in [-0.25, -0.2) is 4.79 Å². The first-order chi connectivity index (χ1) is 14.5. The Morgan fingerprint density at radius 1 is 1.19 bits per heavy atom. The maximum Gasteiger partial charge on any atom is 0.416 e. The van der Waals surface area contributed by atoms with Crippen LogP contribution in [0.15, 0.2) is 29.1 Å². The number of alkyl halides is 3. The summed E-state index contributed by atoms with van der Waals surface area (Å²) in [5.74, 6) is -3.45. The molecule has 0 saturated carbocycles. The lowest BCUT2D eigenvalue weighted by atomic mass is 10.1. The number of aromatic hydroxyl groups is 1. The van der Waals surface area contributed by atoms with Crippen LogP contribution in [-0.2, 0) is 35.5 Å². The predicted molar refractivity (Wildman–Crippen MR) is 97.4 cm³/mol. The van der Waals surface area contributed by atoms with Gasteiger partial charge in [0.1, 0.15) is 11.3 Å². The molecule has 3 rings (SSSR count). The number of hydrogen-bond donors (Lipinski definition) is 4. The summed E-state index contributed by atoms with van der Waals surface area (Å²) in [6, 6.07) is 2.35. The van der Waals surface area contributed by atoms with Gasteiger partial charge in [0.2, 0.25) is 0 Å². The zero-order valence-corrected chi connectivity index (χ0v) is 15.8. The van der Waals surface area contributed by atoms with Crippen LogP contribution < -0.4 is 10.9 Å². The number of hydrogen-bond acceptors (Lipinski definition) is 6. The molecule has 0 fully saturated rings. The molecule has 0 saturated heterocycles. The van der Waals surface area contributed by atoms with Crippen molar-refractivity contribution >= 4 is 11.9 Å². The van der Waals surface area contributed by atoms with Crippen molar-refractivity contribution in [1.82, 2.24) is 9.88 Å². The summed E-state index contributed by atoms with van der Waals surface area (Å²) in [6.45, 7) is -1.37. The summed E-state index contributed by atoms with van der Waals surface area (Å²) in [6.07, 6.45) is -4.53. The molecule has 12 heteroatoms. The molecular formula is C19H17F3N2O7. The maximum atomic E-state index is 13.0. The normalized spacial score (nSPS) is 14.2. The van der Waals surface area contributed by atoms with Crippen LogP contribution in [0.4, 0.5) is 13.2 Å². The van der Waals surface area contributed by atoms with Gasteiger partial charge in [-0.3, -0.25) is 9.59 Å². The van der Waals surface area contributed by atoms with Crippen LogP contribution >= 0.6 is 0 Å². The van der Waals surface area contributed by atoms with Crippen molar-refractivity contribution in [2.24, 2.45) is 0 Å². The molecule has 9 nitrogen and oxygen atoms in total. The lowest BCUT2D eigenvalue weighted by Crippen LogP contribution is -2.45. The number of carboxylic acids is 1. The minimum atomic E-state index is -4.53. The Hall–Kier alpha value is -3.38. The number of aliphatic hydroxyl groups is 1. The average molecular weight is 442 g/mol. The molecule has 166 valence electrons. The van der Waals surface area contributed by atoms with Crippen LogP contribution in [0, 0.1) is 0 Å². The SMILES string of the molecule is O=C(N[C@H](CO)C(=O)O)c1c(O)c2c(n(Cc3ccc(C(F)(F)F)cc3)c1=O)COC2. The minimum Gasteiger partial charge on any atom is -0.506 e. The van der Waals surface area contributed by atoms with Crippen LogP contribution in [0.25, 0.3) is 0 Å². The minimum absolute atomic E-state index is 0.0743. The van der Waals surface area contributed by atoms with Gasteiger partial charge in [-0.2, -0.15) is 13.2 Å². The van der Waals surface area contributed by atoms with Gasteiger partial charge < -0.3 is 29.9 Å². The third kappa shape index (κ3) is 4.39. The Bertz CT molecular complexity index is 1080.